The normalized spacial score (nSPS) is 15.6. The van der Waals surface area contributed by atoms with E-state index in [9.17, 15) is 51.4 Å². The predicted molar refractivity (Wildman–Crippen MR) is 136 cm³/mol. The summed E-state index contributed by atoms with van der Waals surface area (Å²) < 4.78 is 81.0. The van der Waals surface area contributed by atoms with Gasteiger partial charge in [0, 0.05) is 19.6 Å². The molecule has 226 valence electrons. The fourth-order valence-corrected chi connectivity index (χ4v) is 4.03. The van der Waals surface area contributed by atoms with Crippen molar-refractivity contribution >= 4 is 34.8 Å². The van der Waals surface area contributed by atoms with E-state index in [0.717, 1.165) is 18.2 Å². The zero-order valence-corrected chi connectivity index (χ0v) is 22.6. The van der Waals surface area contributed by atoms with E-state index in [1.165, 1.54) is 11.0 Å². The van der Waals surface area contributed by atoms with E-state index in [2.05, 4.69) is 5.32 Å². The van der Waals surface area contributed by atoms with Crippen LogP contribution < -0.4 is 5.32 Å². The average Bonchev–Trinajstić information content (AvgIpc) is 3.29. The third-order valence-electron chi connectivity index (χ3n) is 5.52. The van der Waals surface area contributed by atoms with Gasteiger partial charge < -0.3 is 15.0 Å². The highest BCUT2D eigenvalue weighted by atomic mass is 35.5. The number of ether oxygens (including phenoxy) is 1. The summed E-state index contributed by atoms with van der Waals surface area (Å²) in [5.41, 5.74) is -5.54. The molecule has 1 aliphatic rings. The van der Waals surface area contributed by atoms with Crippen molar-refractivity contribution in [3.8, 4) is 0 Å². The fraction of sp³-hybridized carbons (Fsp3) is 0.458. The Morgan fingerprint density at radius 2 is 1.49 bits per heavy atom. The van der Waals surface area contributed by atoms with Gasteiger partial charge in [-0.1, -0.05) is 23.7 Å². The van der Waals surface area contributed by atoms with Gasteiger partial charge in [-0.15, -0.1) is 0 Å². The Balaban J connectivity index is 0.000000353. The standard InChI is InChI=1S/C17H22F3N3O4.C7H3ClF3NO2/c1-16(2,3)27-15(24)22-8-7-11(10-22)9-21-13-6-4-5-12(17(18,19)20)14(13)23(25)26;8-5-3-1-2-4(7(9,10)11)6(5)12(13)14/h4-6,11,21H,7-10H2,1-3H3;1-3H/t11-;/m0./s1. The summed E-state index contributed by atoms with van der Waals surface area (Å²) in [5.74, 6) is -0.0494. The van der Waals surface area contributed by atoms with Crippen LogP contribution in [0.1, 0.15) is 38.3 Å². The van der Waals surface area contributed by atoms with E-state index in [-0.39, 0.29) is 18.2 Å². The lowest BCUT2D eigenvalue weighted by Crippen LogP contribution is -2.35. The lowest BCUT2D eigenvalue weighted by Gasteiger charge is -2.24. The Bertz CT molecular complexity index is 1280. The first-order chi connectivity index (χ1) is 18.7. The Labute approximate surface area is 234 Å². The second kappa shape index (κ2) is 12.8. The molecule has 1 amide bonds. The summed E-state index contributed by atoms with van der Waals surface area (Å²) in [6.07, 6.45) is -9.41. The van der Waals surface area contributed by atoms with Gasteiger partial charge in [0.15, 0.2) is 0 Å². The molecule has 0 spiro atoms. The number of nitro benzene ring substituents is 2. The minimum Gasteiger partial charge on any atom is -0.444 e. The summed E-state index contributed by atoms with van der Waals surface area (Å²) in [4.78, 5) is 32.9. The van der Waals surface area contributed by atoms with Crippen molar-refractivity contribution in [2.75, 3.05) is 25.0 Å². The van der Waals surface area contributed by atoms with Crippen LogP contribution in [0.3, 0.4) is 0 Å². The molecule has 1 fully saturated rings. The van der Waals surface area contributed by atoms with E-state index in [0.29, 0.717) is 31.6 Å². The van der Waals surface area contributed by atoms with Crippen LogP contribution in [0.15, 0.2) is 36.4 Å². The minimum absolute atomic E-state index is 0.0494. The maximum atomic E-state index is 13.0. The number of hydrogen-bond acceptors (Lipinski definition) is 7. The molecule has 3 rings (SSSR count). The molecule has 0 aromatic heterocycles. The van der Waals surface area contributed by atoms with Crippen LogP contribution in [-0.4, -0.2) is 46.1 Å². The van der Waals surface area contributed by atoms with Gasteiger partial charge >= 0.3 is 24.1 Å². The zero-order chi connectivity index (χ0) is 31.3. The van der Waals surface area contributed by atoms with Crippen LogP contribution in [0.5, 0.6) is 0 Å². The molecule has 0 unspecified atom stereocenters. The number of carbonyl (C=O) groups excluding carboxylic acids is 1. The number of nitrogens with one attached hydrogen (secondary N) is 1. The average molecular weight is 615 g/mol. The largest absolute Gasteiger partial charge is 0.444 e. The SMILES string of the molecule is CC(C)(C)OC(=O)N1CC[C@@H](CNc2cccc(C(F)(F)F)c2[N+](=O)[O-])C1.O=[N+]([O-])c1c(Cl)cccc1C(F)(F)F. The van der Waals surface area contributed by atoms with E-state index in [4.69, 9.17) is 16.3 Å². The van der Waals surface area contributed by atoms with Crippen molar-refractivity contribution in [3.05, 3.63) is 72.8 Å². The highest BCUT2D eigenvalue weighted by molar-refractivity contribution is 6.32. The number of amides is 1. The quantitative estimate of drug-likeness (QED) is 0.209. The van der Waals surface area contributed by atoms with Gasteiger partial charge in [-0.2, -0.15) is 26.3 Å². The number of hydrogen-bond donors (Lipinski definition) is 1. The molecule has 2 aromatic carbocycles. The Kier molecular flexibility index (Phi) is 10.4. The van der Waals surface area contributed by atoms with Crippen molar-refractivity contribution < 1.29 is 45.7 Å². The number of halogens is 7. The van der Waals surface area contributed by atoms with Gasteiger partial charge in [0.25, 0.3) is 5.69 Å². The van der Waals surface area contributed by atoms with E-state index < -0.39 is 61.4 Å². The number of para-hydroxylation sites is 2. The molecule has 0 bridgehead atoms. The summed E-state index contributed by atoms with van der Waals surface area (Å²) in [7, 11) is 0. The van der Waals surface area contributed by atoms with E-state index in [1.54, 1.807) is 20.8 Å². The van der Waals surface area contributed by atoms with Gasteiger partial charge in [0.05, 0.1) is 9.85 Å². The van der Waals surface area contributed by atoms with Crippen LogP contribution in [-0.2, 0) is 17.1 Å². The van der Waals surface area contributed by atoms with Gasteiger partial charge in [0.2, 0.25) is 0 Å². The maximum Gasteiger partial charge on any atom is 0.423 e. The predicted octanol–water partition coefficient (Wildman–Crippen LogP) is 7.55. The third-order valence-corrected chi connectivity index (χ3v) is 5.82. The van der Waals surface area contributed by atoms with Crippen molar-refractivity contribution in [1.82, 2.24) is 4.90 Å². The Morgan fingerprint density at radius 3 is 1.95 bits per heavy atom. The number of anilines is 1. The first kappa shape index (κ1) is 33.4. The summed E-state index contributed by atoms with van der Waals surface area (Å²) in [5, 5.41) is 23.7. The summed E-state index contributed by atoms with van der Waals surface area (Å²) >= 11 is 5.29. The first-order valence-electron chi connectivity index (χ1n) is 11.8. The number of rotatable bonds is 5. The van der Waals surface area contributed by atoms with Crippen LogP contribution in [0, 0.1) is 26.1 Å². The lowest BCUT2D eigenvalue weighted by atomic mass is 10.1. The number of benzene rings is 2. The van der Waals surface area contributed by atoms with Gasteiger partial charge in [0.1, 0.15) is 27.4 Å². The molecule has 1 N–H and O–H groups in total. The molecule has 0 saturated carbocycles. The van der Waals surface area contributed by atoms with Gasteiger partial charge in [-0.3, -0.25) is 20.2 Å². The fourth-order valence-electron chi connectivity index (χ4n) is 3.79. The molecule has 1 heterocycles. The number of carbonyl (C=O) groups is 1. The van der Waals surface area contributed by atoms with Crippen molar-refractivity contribution in [1.29, 1.82) is 0 Å². The molecule has 41 heavy (non-hydrogen) atoms. The van der Waals surface area contributed by atoms with Gasteiger partial charge in [-0.25, -0.2) is 4.79 Å². The molecule has 2 aromatic rings. The highest BCUT2D eigenvalue weighted by Crippen LogP contribution is 2.41. The first-order valence-corrected chi connectivity index (χ1v) is 12.2. The highest BCUT2D eigenvalue weighted by Gasteiger charge is 2.40. The zero-order valence-electron chi connectivity index (χ0n) is 21.8. The number of nitro groups is 2. The minimum atomic E-state index is -4.82. The molecule has 10 nitrogen and oxygen atoms in total. The van der Waals surface area contributed by atoms with Crippen molar-refractivity contribution in [2.45, 2.75) is 45.1 Å². The second-order valence-electron chi connectivity index (χ2n) is 9.81. The van der Waals surface area contributed by atoms with Crippen LogP contribution in [0.4, 0.5) is 48.2 Å². The summed E-state index contributed by atoms with van der Waals surface area (Å²) in [6.45, 7) is 6.31. The van der Waals surface area contributed by atoms with Crippen LogP contribution in [0.25, 0.3) is 0 Å². The second-order valence-corrected chi connectivity index (χ2v) is 10.2. The number of alkyl halides is 6. The molecule has 0 aliphatic carbocycles. The molecule has 1 saturated heterocycles. The molecule has 1 aliphatic heterocycles. The molecular weight excluding hydrogens is 590 g/mol. The number of likely N-dealkylation sites (tertiary alicyclic amines) is 1. The van der Waals surface area contributed by atoms with Crippen molar-refractivity contribution in [3.63, 3.8) is 0 Å². The number of nitrogens with zero attached hydrogens (tertiary/aromatic N) is 3. The molecule has 1 atom stereocenters. The maximum absolute atomic E-state index is 13.0. The van der Waals surface area contributed by atoms with Crippen LogP contribution >= 0.6 is 11.6 Å². The van der Waals surface area contributed by atoms with Crippen molar-refractivity contribution in [2.24, 2.45) is 5.92 Å². The monoisotopic (exact) mass is 614 g/mol. The Hall–Kier alpha value is -3.82. The van der Waals surface area contributed by atoms with Gasteiger partial charge in [-0.05, 0) is 57.4 Å². The van der Waals surface area contributed by atoms with E-state index >= 15 is 0 Å². The summed E-state index contributed by atoms with van der Waals surface area (Å²) in [6, 6.07) is 5.72. The lowest BCUT2D eigenvalue weighted by molar-refractivity contribution is -0.388. The van der Waals surface area contributed by atoms with Crippen LogP contribution in [0.2, 0.25) is 5.02 Å². The molecular formula is C24H25ClF6N4O6. The Morgan fingerprint density at radius 1 is 0.976 bits per heavy atom. The smallest absolute Gasteiger partial charge is 0.423 e. The van der Waals surface area contributed by atoms with E-state index in [1.807, 2.05) is 0 Å². The molecule has 0 radical (unpaired) electrons. The molecule has 17 heteroatoms. The topological polar surface area (TPSA) is 128 Å². The third kappa shape index (κ3) is 9.37.